The molecule has 2 rings (SSSR count). The summed E-state index contributed by atoms with van der Waals surface area (Å²) in [5, 5.41) is 12.3. The van der Waals surface area contributed by atoms with E-state index in [1.165, 1.54) is 51.8 Å². The molecule has 1 aromatic carbocycles. The van der Waals surface area contributed by atoms with Gasteiger partial charge in [0.05, 0.1) is 0 Å². The summed E-state index contributed by atoms with van der Waals surface area (Å²) in [6.07, 6.45) is 10.1. The number of rotatable bonds is 15. The molecule has 1 aliphatic heterocycles. The van der Waals surface area contributed by atoms with E-state index in [4.69, 9.17) is 0 Å². The first-order valence-corrected chi connectivity index (χ1v) is 21.2. The van der Waals surface area contributed by atoms with Crippen molar-refractivity contribution in [1.29, 1.82) is 0 Å². The number of benzene rings is 1. The van der Waals surface area contributed by atoms with E-state index in [1.807, 2.05) is 24.3 Å². The summed E-state index contributed by atoms with van der Waals surface area (Å²) in [7, 11) is 0. The fourth-order valence-corrected chi connectivity index (χ4v) is 26.4. The van der Waals surface area contributed by atoms with Crippen molar-refractivity contribution in [3.05, 3.63) is 35.4 Å². The fourth-order valence-electron chi connectivity index (χ4n) is 6.17. The Morgan fingerprint density at radius 2 is 1.38 bits per heavy atom. The average Bonchev–Trinajstić information content (AvgIpc) is 3.00. The van der Waals surface area contributed by atoms with Crippen LogP contribution in [0, 0.1) is 5.92 Å². The van der Waals surface area contributed by atoms with Crippen molar-refractivity contribution < 1.29 is 9.90 Å². The number of fused-ring (bicyclic) bond motifs is 1. The fraction of sp³-hybridized carbons (Fsp3) is 0.750. The number of nitrogens with zero attached hydrogens (tertiary/aromatic N) is 1. The van der Waals surface area contributed by atoms with Gasteiger partial charge in [-0.2, -0.15) is 0 Å². The molecule has 1 aromatic rings. The van der Waals surface area contributed by atoms with E-state index in [-0.39, 0.29) is 9.96 Å². The van der Waals surface area contributed by atoms with Crippen LogP contribution in [0.25, 0.3) is 0 Å². The van der Waals surface area contributed by atoms with Crippen LogP contribution < -0.4 is 0 Å². The summed E-state index contributed by atoms with van der Waals surface area (Å²) >= 11 is -2.87. The minimum atomic E-state index is -2.87. The molecule has 0 aliphatic carbocycles. The van der Waals surface area contributed by atoms with Gasteiger partial charge in [0.2, 0.25) is 0 Å². The first kappa shape index (κ1) is 27.7. The topological polar surface area (TPSA) is 40.5 Å². The molecule has 0 saturated heterocycles. The van der Waals surface area contributed by atoms with E-state index in [1.54, 1.807) is 0 Å². The summed E-state index contributed by atoms with van der Waals surface area (Å²) in [6.45, 7) is 13.7. The second kappa shape index (κ2) is 12.8. The number of hydrogen-bond acceptors (Lipinski definition) is 2. The molecule has 182 valence electrons. The first-order valence-electron chi connectivity index (χ1n) is 13.5. The summed E-state index contributed by atoms with van der Waals surface area (Å²) in [5.41, 5.74) is 0.440. The van der Waals surface area contributed by atoms with Crippen LogP contribution in [0.1, 0.15) is 115 Å². The molecule has 0 aromatic heterocycles. The van der Waals surface area contributed by atoms with Gasteiger partial charge < -0.3 is 0 Å². The maximum absolute atomic E-state index is 14.0. The van der Waals surface area contributed by atoms with Crippen molar-refractivity contribution in [2.45, 2.75) is 122 Å². The van der Waals surface area contributed by atoms with Gasteiger partial charge in [0, 0.05) is 0 Å². The third kappa shape index (κ3) is 5.74. The quantitative estimate of drug-likeness (QED) is 0.226. The molecule has 32 heavy (non-hydrogen) atoms. The SMILES string of the molecule is CCCCC1(O)c2ccccc2C(=O)N1[CH](C(C)C)[Sn]([CH2]CCC)([CH2]CCC)[CH2]CCC. The molecular formula is C28H49NO2Sn. The van der Waals surface area contributed by atoms with E-state index >= 15 is 0 Å². The van der Waals surface area contributed by atoms with Gasteiger partial charge >= 0.3 is 203 Å². The van der Waals surface area contributed by atoms with Crippen molar-refractivity contribution >= 4 is 24.3 Å². The van der Waals surface area contributed by atoms with E-state index in [0.29, 0.717) is 12.3 Å². The standard InChI is InChI=1S/C16H22NO2.3C4H9.Sn/c1-4-5-10-16(19)14-9-7-6-8-13(14)15(18)17(16)11-12(2)3;3*1-3-4-2;/h6-9,11-12,19H,4-5,10H2,1-3H3;3*1,3-4H2,2H3;. The van der Waals surface area contributed by atoms with Crippen LogP contribution in [0.15, 0.2) is 24.3 Å². The molecule has 1 amide bonds. The second-order valence-electron chi connectivity index (χ2n) is 10.5. The Morgan fingerprint density at radius 1 is 0.875 bits per heavy atom. The molecule has 0 bridgehead atoms. The van der Waals surface area contributed by atoms with Crippen LogP contribution in [0.4, 0.5) is 0 Å². The Balaban J connectivity index is 2.66. The number of hydrogen-bond donors (Lipinski definition) is 1. The van der Waals surface area contributed by atoms with Crippen LogP contribution in [0.3, 0.4) is 0 Å². The van der Waals surface area contributed by atoms with Gasteiger partial charge in [-0.15, -0.1) is 0 Å². The number of carbonyl (C=O) groups is 1. The number of carbonyl (C=O) groups excluding carboxylic acids is 1. The zero-order chi connectivity index (χ0) is 23.8. The Labute approximate surface area is 202 Å². The Kier molecular flexibility index (Phi) is 11.1. The van der Waals surface area contributed by atoms with E-state index in [2.05, 4.69) is 46.4 Å². The van der Waals surface area contributed by atoms with Gasteiger partial charge in [-0.05, 0) is 0 Å². The molecule has 1 heterocycles. The van der Waals surface area contributed by atoms with Crippen LogP contribution >= 0.6 is 0 Å². The van der Waals surface area contributed by atoms with Crippen molar-refractivity contribution in [2.75, 3.05) is 0 Å². The van der Waals surface area contributed by atoms with E-state index in [0.717, 1.165) is 24.0 Å². The molecule has 1 N–H and O–H groups in total. The molecule has 1 aliphatic rings. The average molecular weight is 550 g/mol. The molecule has 2 unspecified atom stereocenters. The first-order chi connectivity index (χ1) is 15.3. The van der Waals surface area contributed by atoms with E-state index < -0.39 is 24.1 Å². The van der Waals surface area contributed by atoms with Gasteiger partial charge in [0.15, 0.2) is 0 Å². The van der Waals surface area contributed by atoms with Crippen molar-refractivity contribution in [2.24, 2.45) is 5.92 Å². The Bertz CT molecular complexity index is 697. The van der Waals surface area contributed by atoms with Crippen molar-refractivity contribution in [3.63, 3.8) is 0 Å². The van der Waals surface area contributed by atoms with E-state index in [9.17, 15) is 9.90 Å². The van der Waals surface area contributed by atoms with Gasteiger partial charge in [-0.25, -0.2) is 0 Å². The summed E-state index contributed by atoms with van der Waals surface area (Å²) in [4.78, 5) is 16.1. The third-order valence-electron chi connectivity index (χ3n) is 7.71. The van der Waals surface area contributed by atoms with Crippen LogP contribution in [-0.4, -0.2) is 38.3 Å². The molecule has 4 heteroatoms. The molecule has 0 fully saturated rings. The number of unbranched alkanes of at least 4 members (excludes halogenated alkanes) is 4. The van der Waals surface area contributed by atoms with Crippen LogP contribution in [0.5, 0.6) is 0 Å². The van der Waals surface area contributed by atoms with Gasteiger partial charge in [-0.3, -0.25) is 0 Å². The van der Waals surface area contributed by atoms with Crippen molar-refractivity contribution in [3.8, 4) is 0 Å². The van der Waals surface area contributed by atoms with Gasteiger partial charge in [0.1, 0.15) is 0 Å². The van der Waals surface area contributed by atoms with Crippen LogP contribution in [0.2, 0.25) is 13.3 Å². The molecule has 0 saturated carbocycles. The summed E-state index contributed by atoms with van der Waals surface area (Å²) < 4.78 is 4.28. The molecule has 0 radical (unpaired) electrons. The Hall–Kier alpha value is -0.551. The zero-order valence-corrected chi connectivity index (χ0v) is 24.6. The zero-order valence-electron chi connectivity index (χ0n) is 21.8. The molecule has 0 spiro atoms. The Morgan fingerprint density at radius 3 is 1.84 bits per heavy atom. The summed E-state index contributed by atoms with van der Waals surface area (Å²) in [6, 6.07) is 7.88. The van der Waals surface area contributed by atoms with Gasteiger partial charge in [-0.1, -0.05) is 0 Å². The predicted molar refractivity (Wildman–Crippen MR) is 140 cm³/mol. The number of aliphatic hydroxyl groups is 1. The molecule has 2 atom stereocenters. The van der Waals surface area contributed by atoms with Gasteiger partial charge in [0.25, 0.3) is 0 Å². The molecular weight excluding hydrogens is 501 g/mol. The second-order valence-corrected chi connectivity index (χ2v) is 24.2. The monoisotopic (exact) mass is 551 g/mol. The third-order valence-corrected chi connectivity index (χ3v) is 25.5. The maximum atomic E-state index is 14.0. The predicted octanol–water partition coefficient (Wildman–Crippen LogP) is 7.89. The molecule has 3 nitrogen and oxygen atoms in total. The summed E-state index contributed by atoms with van der Waals surface area (Å²) in [5.74, 6) is 0.464. The normalized spacial score (nSPS) is 19.6. The number of amides is 1. The minimum absolute atomic E-state index is 0.0865. The van der Waals surface area contributed by atoms with Crippen LogP contribution in [-0.2, 0) is 5.72 Å². The van der Waals surface area contributed by atoms with Crippen molar-refractivity contribution in [1.82, 2.24) is 4.90 Å².